The van der Waals surface area contributed by atoms with Crippen molar-refractivity contribution in [1.29, 1.82) is 0 Å². The highest BCUT2D eigenvalue weighted by Crippen LogP contribution is 2.16. The summed E-state index contributed by atoms with van der Waals surface area (Å²) in [4.78, 5) is 38.1. The molecule has 418 valence electrons. The van der Waals surface area contributed by atoms with E-state index < -0.39 is 6.10 Å². The summed E-state index contributed by atoms with van der Waals surface area (Å²) in [6.07, 6.45) is 81.3. The van der Waals surface area contributed by atoms with Crippen LogP contribution in [0.2, 0.25) is 0 Å². The van der Waals surface area contributed by atoms with Crippen molar-refractivity contribution in [1.82, 2.24) is 0 Å². The quantitative estimate of drug-likeness (QED) is 0.0261. The molecule has 0 N–H and O–H groups in total. The van der Waals surface area contributed by atoms with Gasteiger partial charge in [0.15, 0.2) is 6.10 Å². The number of rotatable bonds is 55. The summed E-state index contributed by atoms with van der Waals surface area (Å²) in [5.74, 6) is -0.928. The van der Waals surface area contributed by atoms with Crippen LogP contribution in [0.4, 0.5) is 0 Å². The van der Waals surface area contributed by atoms with Gasteiger partial charge in [-0.15, -0.1) is 0 Å². The Morgan fingerprint density at radius 1 is 0.288 bits per heavy atom. The first kappa shape index (κ1) is 69.3. The van der Waals surface area contributed by atoms with Crippen LogP contribution in [0.3, 0.4) is 0 Å². The van der Waals surface area contributed by atoms with E-state index in [-0.39, 0.29) is 31.1 Å². The number of ether oxygens (including phenoxy) is 3. The molecule has 0 aromatic rings. The highest BCUT2D eigenvalue weighted by molar-refractivity contribution is 5.71. The van der Waals surface area contributed by atoms with Crippen LogP contribution in [-0.4, -0.2) is 37.2 Å². The lowest BCUT2D eigenvalue weighted by atomic mass is 10.0. The second-order valence-corrected chi connectivity index (χ2v) is 20.2. The van der Waals surface area contributed by atoms with Gasteiger partial charge in [0, 0.05) is 19.3 Å². The zero-order chi connectivity index (χ0) is 52.9. The van der Waals surface area contributed by atoms with Crippen molar-refractivity contribution >= 4 is 17.9 Å². The third kappa shape index (κ3) is 59.1. The fourth-order valence-electron chi connectivity index (χ4n) is 8.52. The Balaban J connectivity index is 4.32. The highest BCUT2D eigenvalue weighted by Gasteiger charge is 2.19. The Bertz CT molecular complexity index is 1440. The van der Waals surface area contributed by atoms with Gasteiger partial charge in [-0.05, 0) is 83.5 Å². The number of hydrogen-bond donors (Lipinski definition) is 0. The topological polar surface area (TPSA) is 78.9 Å². The standard InChI is InChI=1S/C67H114O6/c1-4-7-10-13-16-19-21-23-25-27-29-30-31-32-33-34-35-36-38-39-41-43-45-48-51-54-57-60-66(69)72-63-64(62-71-65(68)59-56-53-50-47-18-15-12-9-6-3)73-67(70)61-58-55-52-49-46-44-42-40-37-28-26-24-22-20-17-14-11-8-5-2/h7,10,16,19,23,25,29-30,32-33,35-36,39,41,45,48,64H,4-6,8-9,11-15,17-18,20-22,24,26-28,31,34,37-38,40,42-44,46-47,49-63H2,1-3H3/b10-7-,19-16-,25-23-,30-29-,33-32-,36-35-,41-39-,48-45-. The number of carbonyl (C=O) groups excluding carboxylic acids is 3. The first-order valence-corrected chi connectivity index (χ1v) is 30.7. The zero-order valence-corrected chi connectivity index (χ0v) is 47.9. The smallest absolute Gasteiger partial charge is 0.306 e. The summed E-state index contributed by atoms with van der Waals surface area (Å²) in [7, 11) is 0. The molecule has 0 aliphatic heterocycles. The van der Waals surface area contributed by atoms with Crippen molar-refractivity contribution in [3.63, 3.8) is 0 Å². The van der Waals surface area contributed by atoms with Crippen LogP contribution in [0.25, 0.3) is 0 Å². The first-order chi connectivity index (χ1) is 36.0. The third-order valence-corrected chi connectivity index (χ3v) is 13.1. The Kier molecular flexibility index (Phi) is 57.8. The molecule has 0 saturated carbocycles. The third-order valence-electron chi connectivity index (χ3n) is 13.1. The maximum atomic E-state index is 12.9. The summed E-state index contributed by atoms with van der Waals surface area (Å²) in [6.45, 7) is 6.49. The molecule has 0 amide bonds. The van der Waals surface area contributed by atoms with E-state index in [1.807, 2.05) is 0 Å². The van der Waals surface area contributed by atoms with Gasteiger partial charge in [-0.2, -0.15) is 0 Å². The van der Waals surface area contributed by atoms with Crippen LogP contribution in [0, 0.1) is 0 Å². The molecule has 0 bridgehead atoms. The predicted molar refractivity (Wildman–Crippen MR) is 316 cm³/mol. The minimum absolute atomic E-state index is 0.0882. The fraction of sp³-hybridized carbons (Fsp3) is 0.716. The van der Waals surface area contributed by atoms with Crippen molar-refractivity contribution < 1.29 is 28.6 Å². The van der Waals surface area contributed by atoms with Crippen LogP contribution in [0.1, 0.15) is 290 Å². The minimum atomic E-state index is -0.792. The molecule has 0 aliphatic rings. The van der Waals surface area contributed by atoms with E-state index in [1.54, 1.807) is 0 Å². The lowest BCUT2D eigenvalue weighted by Gasteiger charge is -2.18. The molecule has 0 saturated heterocycles. The first-order valence-electron chi connectivity index (χ1n) is 30.7. The maximum Gasteiger partial charge on any atom is 0.306 e. The van der Waals surface area contributed by atoms with Crippen LogP contribution >= 0.6 is 0 Å². The number of unbranched alkanes of at least 4 members (excludes halogenated alkanes) is 28. The molecular formula is C67H114O6. The van der Waals surface area contributed by atoms with Crippen molar-refractivity contribution in [3.8, 4) is 0 Å². The molecule has 0 aliphatic carbocycles. The summed E-state index contributed by atoms with van der Waals surface area (Å²) >= 11 is 0. The van der Waals surface area contributed by atoms with Crippen molar-refractivity contribution in [3.05, 3.63) is 97.2 Å². The number of allylic oxidation sites excluding steroid dienone is 16. The second-order valence-electron chi connectivity index (χ2n) is 20.2. The molecule has 6 heteroatoms. The molecule has 0 aromatic carbocycles. The van der Waals surface area contributed by atoms with Gasteiger partial charge in [0.25, 0.3) is 0 Å². The van der Waals surface area contributed by atoms with Crippen LogP contribution in [0.5, 0.6) is 0 Å². The monoisotopic (exact) mass is 1010 g/mol. The normalized spacial score (nSPS) is 12.8. The fourth-order valence-corrected chi connectivity index (χ4v) is 8.52. The van der Waals surface area contributed by atoms with E-state index >= 15 is 0 Å². The van der Waals surface area contributed by atoms with Crippen LogP contribution < -0.4 is 0 Å². The summed E-state index contributed by atoms with van der Waals surface area (Å²) in [6, 6.07) is 0. The molecule has 0 rings (SSSR count). The highest BCUT2D eigenvalue weighted by atomic mass is 16.6. The average Bonchev–Trinajstić information content (AvgIpc) is 3.39. The Morgan fingerprint density at radius 3 is 0.836 bits per heavy atom. The van der Waals surface area contributed by atoms with E-state index in [0.717, 1.165) is 109 Å². The molecule has 73 heavy (non-hydrogen) atoms. The molecular weight excluding hydrogens is 901 g/mol. The largest absolute Gasteiger partial charge is 0.462 e. The van der Waals surface area contributed by atoms with Gasteiger partial charge < -0.3 is 14.2 Å². The van der Waals surface area contributed by atoms with Gasteiger partial charge in [0.2, 0.25) is 0 Å². The molecule has 0 spiro atoms. The van der Waals surface area contributed by atoms with Gasteiger partial charge in [0.1, 0.15) is 13.2 Å². The van der Waals surface area contributed by atoms with E-state index in [2.05, 4.69) is 118 Å². The van der Waals surface area contributed by atoms with E-state index in [9.17, 15) is 14.4 Å². The maximum absolute atomic E-state index is 12.9. The zero-order valence-electron chi connectivity index (χ0n) is 47.9. The SMILES string of the molecule is CC/C=C\C/C=C\C/C=C\C/C=C\C/C=C\C/C=C\C/C=C\C/C=C\CCCCC(=O)OCC(COC(=O)CCCCCCCCCCC)OC(=O)CCCCCCCCCCCCCCCCCCCCC. The number of carbonyl (C=O) groups is 3. The van der Waals surface area contributed by atoms with E-state index in [1.165, 1.54) is 141 Å². The summed E-state index contributed by atoms with van der Waals surface area (Å²) in [5.41, 5.74) is 0. The summed E-state index contributed by atoms with van der Waals surface area (Å²) < 4.78 is 16.8. The second kappa shape index (κ2) is 60.9. The number of hydrogen-bond acceptors (Lipinski definition) is 6. The molecule has 6 nitrogen and oxygen atoms in total. The molecule has 1 atom stereocenters. The Labute approximate surface area is 451 Å². The molecule has 0 heterocycles. The van der Waals surface area contributed by atoms with Gasteiger partial charge in [0.05, 0.1) is 0 Å². The van der Waals surface area contributed by atoms with Gasteiger partial charge in [-0.25, -0.2) is 0 Å². The van der Waals surface area contributed by atoms with Crippen molar-refractivity contribution in [2.75, 3.05) is 13.2 Å². The predicted octanol–water partition coefficient (Wildman–Crippen LogP) is 20.9. The Morgan fingerprint density at radius 2 is 0.534 bits per heavy atom. The minimum Gasteiger partial charge on any atom is -0.462 e. The molecule has 0 radical (unpaired) electrons. The van der Waals surface area contributed by atoms with Crippen molar-refractivity contribution in [2.24, 2.45) is 0 Å². The van der Waals surface area contributed by atoms with E-state index in [4.69, 9.17) is 14.2 Å². The summed E-state index contributed by atoms with van der Waals surface area (Å²) in [5, 5.41) is 0. The lowest BCUT2D eigenvalue weighted by Crippen LogP contribution is -2.30. The van der Waals surface area contributed by atoms with Gasteiger partial charge in [-0.1, -0.05) is 285 Å². The van der Waals surface area contributed by atoms with Gasteiger partial charge >= 0.3 is 17.9 Å². The lowest BCUT2D eigenvalue weighted by molar-refractivity contribution is -0.167. The Hall–Kier alpha value is -3.67. The van der Waals surface area contributed by atoms with Crippen LogP contribution in [-0.2, 0) is 28.6 Å². The molecule has 0 aromatic heterocycles. The van der Waals surface area contributed by atoms with Gasteiger partial charge in [-0.3, -0.25) is 14.4 Å². The van der Waals surface area contributed by atoms with Crippen LogP contribution in [0.15, 0.2) is 97.2 Å². The molecule has 1 unspecified atom stereocenters. The van der Waals surface area contributed by atoms with Crippen molar-refractivity contribution in [2.45, 2.75) is 297 Å². The van der Waals surface area contributed by atoms with E-state index in [0.29, 0.717) is 19.3 Å². The molecule has 0 fully saturated rings. The average molecular weight is 1020 g/mol. The number of esters is 3.